The summed E-state index contributed by atoms with van der Waals surface area (Å²) < 4.78 is 17.0. The number of nitrogens with zero attached hydrogens (tertiary/aromatic N) is 3. The Bertz CT molecular complexity index is 1120. The maximum atomic E-state index is 13.0. The van der Waals surface area contributed by atoms with Gasteiger partial charge in [-0.05, 0) is 55.3 Å². The maximum Gasteiger partial charge on any atom is 0.227 e. The van der Waals surface area contributed by atoms with Gasteiger partial charge in [-0.2, -0.15) is 0 Å². The van der Waals surface area contributed by atoms with E-state index >= 15 is 0 Å². The molecule has 2 aliphatic heterocycles. The van der Waals surface area contributed by atoms with Crippen molar-refractivity contribution in [2.45, 2.75) is 19.4 Å². The van der Waals surface area contributed by atoms with Crippen molar-refractivity contribution >= 4 is 11.9 Å². The monoisotopic (exact) mass is 477 g/mol. The van der Waals surface area contributed by atoms with Crippen LogP contribution in [0.5, 0.6) is 0 Å². The third kappa shape index (κ3) is 6.45. The van der Waals surface area contributed by atoms with Crippen molar-refractivity contribution in [1.29, 1.82) is 0 Å². The van der Waals surface area contributed by atoms with Crippen LogP contribution in [0.4, 0.5) is 5.95 Å². The van der Waals surface area contributed by atoms with E-state index in [9.17, 15) is 4.79 Å². The molecule has 1 aliphatic carbocycles. The Hall–Kier alpha value is -3.27. The third-order valence-electron chi connectivity index (χ3n) is 6.18. The molecule has 6 bridgehead atoms. The number of morpholine rings is 1. The number of ether oxygens (including phenoxy) is 2. The Morgan fingerprint density at radius 2 is 2.11 bits per heavy atom. The molecule has 2 N–H and O–H groups in total. The number of rotatable bonds is 5. The number of allylic oxidation sites excluding steroid dienone is 3. The molecule has 2 aromatic heterocycles. The van der Waals surface area contributed by atoms with Crippen LogP contribution in [0.25, 0.3) is 11.5 Å². The van der Waals surface area contributed by atoms with Gasteiger partial charge in [-0.1, -0.05) is 12.2 Å². The average molecular weight is 478 g/mol. The van der Waals surface area contributed by atoms with Gasteiger partial charge in [-0.3, -0.25) is 9.69 Å². The summed E-state index contributed by atoms with van der Waals surface area (Å²) in [4.78, 5) is 24.3. The van der Waals surface area contributed by atoms with Crippen molar-refractivity contribution in [1.82, 2.24) is 20.2 Å². The molecule has 9 heteroatoms. The van der Waals surface area contributed by atoms with Gasteiger partial charge in [0.25, 0.3) is 0 Å². The standard InChI is InChI=1S/C26H31N5O4/c32-25(27-7-2-9-31-10-13-33-14-11-31)20-15-19-3-1-12-34-18-22-4-5-24(35-22)23-6-8-28-26(30-23)29-21(16-19)17-20/h1,3-6,8,16-17,20H,2,7,9-15,18H2,(H,27,32)(H,28,29,30)/b3-1+. The molecule has 35 heavy (non-hydrogen) atoms. The molecule has 9 nitrogen and oxygen atoms in total. The molecule has 1 atom stereocenters. The van der Waals surface area contributed by atoms with E-state index in [-0.39, 0.29) is 11.8 Å². The summed E-state index contributed by atoms with van der Waals surface area (Å²) in [5.41, 5.74) is 2.51. The second kappa shape index (κ2) is 11.4. The zero-order valence-electron chi connectivity index (χ0n) is 19.7. The van der Waals surface area contributed by atoms with Gasteiger partial charge in [0.2, 0.25) is 11.9 Å². The van der Waals surface area contributed by atoms with Crippen LogP contribution in [0.1, 0.15) is 18.6 Å². The highest BCUT2D eigenvalue weighted by molar-refractivity contribution is 5.81. The number of fused-ring (bicyclic) bond motifs is 6. The van der Waals surface area contributed by atoms with E-state index in [1.54, 1.807) is 12.3 Å². The molecule has 2 aromatic rings. The summed E-state index contributed by atoms with van der Waals surface area (Å²) in [5.74, 6) is 1.59. The Balaban J connectivity index is 1.27. The topological polar surface area (TPSA) is 102 Å². The Morgan fingerprint density at radius 3 is 3.03 bits per heavy atom. The number of furan rings is 1. The molecule has 4 heterocycles. The lowest BCUT2D eigenvalue weighted by Gasteiger charge is -2.26. The molecule has 3 aliphatic rings. The smallest absolute Gasteiger partial charge is 0.227 e. The highest BCUT2D eigenvalue weighted by Crippen LogP contribution is 2.26. The van der Waals surface area contributed by atoms with Gasteiger partial charge in [0.1, 0.15) is 18.1 Å². The molecule has 1 amide bonds. The predicted octanol–water partition coefficient (Wildman–Crippen LogP) is 2.90. The van der Waals surface area contributed by atoms with Gasteiger partial charge in [0.15, 0.2) is 5.76 Å². The summed E-state index contributed by atoms with van der Waals surface area (Å²) in [6.07, 6.45) is 11.2. The Kier molecular flexibility index (Phi) is 7.67. The van der Waals surface area contributed by atoms with E-state index in [1.165, 1.54) is 0 Å². The third-order valence-corrected chi connectivity index (χ3v) is 6.18. The normalized spacial score (nSPS) is 21.5. The highest BCUT2D eigenvalue weighted by Gasteiger charge is 2.22. The number of hydrogen-bond donors (Lipinski definition) is 2. The van der Waals surface area contributed by atoms with Crippen molar-refractivity contribution in [2.24, 2.45) is 5.92 Å². The van der Waals surface area contributed by atoms with Crippen molar-refractivity contribution in [3.05, 3.63) is 65.7 Å². The van der Waals surface area contributed by atoms with Crippen LogP contribution < -0.4 is 10.6 Å². The van der Waals surface area contributed by atoms with Crippen molar-refractivity contribution < 1.29 is 18.7 Å². The molecule has 1 fully saturated rings. The lowest BCUT2D eigenvalue weighted by molar-refractivity contribution is -0.123. The SMILES string of the molecule is O=C(NCCCN1CCOCC1)C1C=C2C=C(/C=C/COCc3ccc(o3)-c3ccnc(n3)N2)C1. The number of anilines is 1. The fourth-order valence-electron chi connectivity index (χ4n) is 4.37. The molecule has 0 spiro atoms. The van der Waals surface area contributed by atoms with E-state index < -0.39 is 0 Å². The van der Waals surface area contributed by atoms with Gasteiger partial charge in [-0.25, -0.2) is 9.97 Å². The first kappa shape index (κ1) is 23.5. The molecular weight excluding hydrogens is 446 g/mol. The van der Waals surface area contributed by atoms with Gasteiger partial charge in [-0.15, -0.1) is 0 Å². The summed E-state index contributed by atoms with van der Waals surface area (Å²) in [7, 11) is 0. The quantitative estimate of drug-likeness (QED) is 0.634. The van der Waals surface area contributed by atoms with Gasteiger partial charge >= 0.3 is 0 Å². The first-order valence-electron chi connectivity index (χ1n) is 12.2. The van der Waals surface area contributed by atoms with E-state index in [4.69, 9.17) is 13.9 Å². The average Bonchev–Trinajstić information content (AvgIpc) is 3.35. The van der Waals surface area contributed by atoms with E-state index in [0.29, 0.717) is 43.6 Å². The van der Waals surface area contributed by atoms with Crippen LogP contribution in [0.15, 0.2) is 64.4 Å². The van der Waals surface area contributed by atoms with Crippen LogP contribution in [0, 0.1) is 5.92 Å². The maximum absolute atomic E-state index is 13.0. The van der Waals surface area contributed by atoms with Crippen LogP contribution in [0.3, 0.4) is 0 Å². The largest absolute Gasteiger partial charge is 0.457 e. The number of amides is 1. The second-order valence-electron chi connectivity index (χ2n) is 8.82. The first-order valence-corrected chi connectivity index (χ1v) is 12.2. The van der Waals surface area contributed by atoms with Gasteiger partial charge in [0.05, 0.1) is 25.7 Å². The van der Waals surface area contributed by atoms with Gasteiger partial charge in [0, 0.05) is 31.5 Å². The van der Waals surface area contributed by atoms with E-state index in [0.717, 1.165) is 56.3 Å². The van der Waals surface area contributed by atoms with Crippen molar-refractivity contribution in [3.8, 4) is 11.5 Å². The fourth-order valence-corrected chi connectivity index (χ4v) is 4.37. The molecule has 0 saturated carbocycles. The lowest BCUT2D eigenvalue weighted by Crippen LogP contribution is -2.38. The van der Waals surface area contributed by atoms with Crippen LogP contribution in [0.2, 0.25) is 0 Å². The van der Waals surface area contributed by atoms with Crippen LogP contribution in [-0.2, 0) is 20.9 Å². The molecule has 0 aromatic carbocycles. The fraction of sp³-hybridized carbons (Fsp3) is 0.423. The van der Waals surface area contributed by atoms with Gasteiger partial charge < -0.3 is 24.5 Å². The lowest BCUT2D eigenvalue weighted by atomic mass is 9.91. The Labute approximate surface area is 204 Å². The van der Waals surface area contributed by atoms with Crippen LogP contribution >= 0.6 is 0 Å². The van der Waals surface area contributed by atoms with E-state index in [1.807, 2.05) is 36.4 Å². The van der Waals surface area contributed by atoms with E-state index in [2.05, 4.69) is 25.5 Å². The molecular formula is C26H31N5O4. The molecule has 1 unspecified atom stereocenters. The molecule has 0 radical (unpaired) electrons. The minimum Gasteiger partial charge on any atom is -0.457 e. The summed E-state index contributed by atoms with van der Waals surface area (Å²) in [5, 5.41) is 6.38. The molecule has 1 saturated heterocycles. The summed E-state index contributed by atoms with van der Waals surface area (Å²) in [6, 6.07) is 5.58. The van der Waals surface area contributed by atoms with Crippen LogP contribution in [-0.4, -0.2) is 66.8 Å². The van der Waals surface area contributed by atoms with Crippen molar-refractivity contribution in [2.75, 3.05) is 51.3 Å². The first-order chi connectivity index (χ1) is 17.2. The molecule has 5 rings (SSSR count). The number of carbonyl (C=O) groups excluding carboxylic acids is 1. The predicted molar refractivity (Wildman–Crippen MR) is 131 cm³/mol. The second-order valence-corrected chi connectivity index (χ2v) is 8.82. The Morgan fingerprint density at radius 1 is 1.20 bits per heavy atom. The highest BCUT2D eigenvalue weighted by atomic mass is 16.5. The molecule has 184 valence electrons. The zero-order chi connectivity index (χ0) is 23.9. The summed E-state index contributed by atoms with van der Waals surface area (Å²) >= 11 is 0. The number of nitrogens with one attached hydrogen (secondary N) is 2. The zero-order valence-corrected chi connectivity index (χ0v) is 19.7. The number of aromatic nitrogens is 2. The summed E-state index contributed by atoms with van der Waals surface area (Å²) in [6.45, 7) is 5.95. The number of carbonyl (C=O) groups is 1. The minimum absolute atomic E-state index is 0.0249. The number of hydrogen-bond acceptors (Lipinski definition) is 8. The minimum atomic E-state index is -0.280. The van der Waals surface area contributed by atoms with Crippen molar-refractivity contribution in [3.63, 3.8) is 0 Å².